The molecule has 26 heavy (non-hydrogen) atoms. The average molecular weight is 371 g/mol. The van der Waals surface area contributed by atoms with Gasteiger partial charge in [0, 0.05) is 18.8 Å². The minimum atomic E-state index is -3.84. The summed E-state index contributed by atoms with van der Waals surface area (Å²) in [7, 11) is -3.84. The first-order valence-electron chi connectivity index (χ1n) is 7.99. The molecule has 0 aliphatic carbocycles. The highest BCUT2D eigenvalue weighted by atomic mass is 32.2. The van der Waals surface area contributed by atoms with Gasteiger partial charge in [-0.3, -0.25) is 14.8 Å². The van der Waals surface area contributed by atoms with E-state index >= 15 is 0 Å². The Labute approximate surface area is 149 Å². The van der Waals surface area contributed by atoms with Gasteiger partial charge in [0.25, 0.3) is 5.91 Å². The monoisotopic (exact) mass is 371 g/mol. The van der Waals surface area contributed by atoms with Crippen molar-refractivity contribution in [3.8, 4) is 0 Å². The van der Waals surface area contributed by atoms with Crippen molar-refractivity contribution in [1.82, 2.24) is 14.3 Å². The Kier molecular flexibility index (Phi) is 3.91. The van der Waals surface area contributed by atoms with Crippen molar-refractivity contribution in [3.63, 3.8) is 0 Å². The number of pyridine rings is 2. The first-order chi connectivity index (χ1) is 12.5. The van der Waals surface area contributed by atoms with Crippen molar-refractivity contribution in [3.05, 3.63) is 71.8 Å². The molecule has 0 bridgehead atoms. The molecule has 132 valence electrons. The summed E-state index contributed by atoms with van der Waals surface area (Å²) in [5.74, 6) is -1.25. The summed E-state index contributed by atoms with van der Waals surface area (Å²) in [5.41, 5.74) is 1.12. The molecule has 8 heteroatoms. The van der Waals surface area contributed by atoms with Crippen LogP contribution in [0.15, 0.2) is 54.9 Å². The number of fused-ring (bicyclic) bond motifs is 1. The third-order valence-corrected chi connectivity index (χ3v) is 6.62. The largest absolute Gasteiger partial charge is 0.269 e. The van der Waals surface area contributed by atoms with Crippen molar-refractivity contribution < 1.29 is 17.6 Å². The van der Waals surface area contributed by atoms with Gasteiger partial charge in [-0.05, 0) is 18.1 Å². The van der Waals surface area contributed by atoms with Gasteiger partial charge in [0.05, 0.1) is 17.3 Å². The molecule has 2 aromatic heterocycles. The maximum Gasteiger partial charge on any atom is 0.269 e. The summed E-state index contributed by atoms with van der Waals surface area (Å²) in [6, 6.07) is 11.4. The van der Waals surface area contributed by atoms with Crippen LogP contribution in [0, 0.1) is 5.82 Å². The second-order valence-electron chi connectivity index (χ2n) is 5.99. The van der Waals surface area contributed by atoms with Gasteiger partial charge < -0.3 is 0 Å². The van der Waals surface area contributed by atoms with E-state index in [0.717, 1.165) is 16.6 Å². The lowest BCUT2D eigenvalue weighted by atomic mass is 10.1. The highest BCUT2D eigenvalue weighted by Gasteiger charge is 2.43. The van der Waals surface area contributed by atoms with Crippen molar-refractivity contribution in [1.29, 1.82) is 0 Å². The van der Waals surface area contributed by atoms with Gasteiger partial charge in [0.15, 0.2) is 0 Å². The minimum absolute atomic E-state index is 0.0890. The molecule has 1 fully saturated rings. The number of rotatable bonds is 2. The topological polar surface area (TPSA) is 80.2 Å². The summed E-state index contributed by atoms with van der Waals surface area (Å²) >= 11 is 0. The molecule has 0 radical (unpaired) electrons. The molecule has 0 saturated carbocycles. The zero-order valence-electron chi connectivity index (χ0n) is 13.5. The highest BCUT2D eigenvalue weighted by molar-refractivity contribution is 7.90. The molecule has 1 aromatic carbocycles. The Morgan fingerprint density at radius 2 is 1.92 bits per heavy atom. The van der Waals surface area contributed by atoms with E-state index in [1.54, 1.807) is 24.3 Å². The molecule has 3 aromatic rings. The molecule has 0 N–H and O–H groups in total. The lowest BCUT2D eigenvalue weighted by Crippen LogP contribution is -2.33. The van der Waals surface area contributed by atoms with E-state index in [2.05, 4.69) is 9.97 Å². The average Bonchev–Trinajstić information content (AvgIpc) is 2.95. The van der Waals surface area contributed by atoms with Crippen LogP contribution in [0.3, 0.4) is 0 Å². The number of halogens is 1. The normalized spacial score (nSPS) is 19.0. The molecule has 0 spiro atoms. The number of hydrogen-bond donors (Lipinski definition) is 0. The summed E-state index contributed by atoms with van der Waals surface area (Å²) in [5, 5.41) is -0.758. The SMILES string of the molecule is O=C(c1ccnc2cc(F)cnc12)N1CCC(c2ccccc2)S1(=O)=O. The Bertz CT molecular complexity index is 1100. The summed E-state index contributed by atoms with van der Waals surface area (Å²) in [6.07, 6.45) is 2.64. The maximum atomic E-state index is 13.3. The van der Waals surface area contributed by atoms with Crippen LogP contribution in [-0.2, 0) is 10.0 Å². The van der Waals surface area contributed by atoms with Crippen LogP contribution in [0.25, 0.3) is 11.0 Å². The Balaban J connectivity index is 1.74. The third-order valence-electron chi connectivity index (χ3n) is 4.43. The number of benzene rings is 1. The van der Waals surface area contributed by atoms with Gasteiger partial charge in [0.1, 0.15) is 16.6 Å². The van der Waals surface area contributed by atoms with E-state index in [0.29, 0.717) is 12.0 Å². The zero-order chi connectivity index (χ0) is 18.3. The first kappa shape index (κ1) is 16.6. The lowest BCUT2D eigenvalue weighted by molar-refractivity contribution is 0.0871. The quantitative estimate of drug-likeness (QED) is 0.692. The minimum Gasteiger partial charge on any atom is -0.268 e. The number of carbonyl (C=O) groups excluding carboxylic acids is 1. The number of amides is 1. The molecule has 1 aliphatic rings. The Morgan fingerprint density at radius 3 is 2.69 bits per heavy atom. The van der Waals surface area contributed by atoms with Crippen molar-refractivity contribution in [2.24, 2.45) is 0 Å². The van der Waals surface area contributed by atoms with Gasteiger partial charge in [-0.15, -0.1) is 0 Å². The summed E-state index contributed by atoms with van der Waals surface area (Å²) in [4.78, 5) is 20.8. The van der Waals surface area contributed by atoms with E-state index in [4.69, 9.17) is 0 Å². The molecule has 1 amide bonds. The predicted molar refractivity (Wildman–Crippen MR) is 93.3 cm³/mol. The standard InChI is InChI=1S/C18H14FN3O3S/c19-13-10-15-17(21-11-13)14(6-8-20-15)18(23)22-9-7-16(26(22,24)25)12-4-2-1-3-5-12/h1-6,8,10-11,16H,7,9H2. The molecule has 1 unspecified atom stereocenters. The first-order valence-corrected chi connectivity index (χ1v) is 9.50. The van der Waals surface area contributed by atoms with Crippen molar-refractivity contribution in [2.75, 3.05) is 6.54 Å². The predicted octanol–water partition coefficient (Wildman–Crippen LogP) is 2.69. The number of sulfonamides is 1. The number of hydrogen-bond acceptors (Lipinski definition) is 5. The zero-order valence-corrected chi connectivity index (χ0v) is 14.4. The Hall–Kier alpha value is -2.87. The fraction of sp³-hybridized carbons (Fsp3) is 0.167. The van der Waals surface area contributed by atoms with Crippen LogP contribution in [0.2, 0.25) is 0 Å². The molecular formula is C18H14FN3O3S. The number of aromatic nitrogens is 2. The molecule has 1 aliphatic heterocycles. The van der Waals surface area contributed by atoms with E-state index in [9.17, 15) is 17.6 Å². The van der Waals surface area contributed by atoms with Gasteiger partial charge in [-0.1, -0.05) is 30.3 Å². The van der Waals surface area contributed by atoms with Gasteiger partial charge in [0.2, 0.25) is 10.0 Å². The molecule has 4 rings (SSSR count). The third kappa shape index (κ3) is 2.62. The van der Waals surface area contributed by atoms with Gasteiger partial charge in [-0.2, -0.15) is 0 Å². The smallest absolute Gasteiger partial charge is 0.268 e. The highest BCUT2D eigenvalue weighted by Crippen LogP contribution is 2.36. The number of nitrogens with zero attached hydrogens (tertiary/aromatic N) is 3. The lowest BCUT2D eigenvalue weighted by Gasteiger charge is -2.18. The fourth-order valence-corrected chi connectivity index (χ4v) is 5.10. The Morgan fingerprint density at radius 1 is 1.15 bits per heavy atom. The second-order valence-corrected chi connectivity index (χ2v) is 8.03. The molecule has 6 nitrogen and oxygen atoms in total. The second kappa shape index (κ2) is 6.14. The van der Waals surface area contributed by atoms with Crippen LogP contribution < -0.4 is 0 Å². The van der Waals surface area contributed by atoms with Crippen molar-refractivity contribution >= 4 is 27.0 Å². The van der Waals surface area contributed by atoms with Gasteiger partial charge in [-0.25, -0.2) is 17.1 Å². The van der Waals surface area contributed by atoms with E-state index in [-0.39, 0.29) is 23.1 Å². The van der Waals surface area contributed by atoms with E-state index < -0.39 is 27.0 Å². The maximum absolute atomic E-state index is 13.3. The van der Waals surface area contributed by atoms with E-state index in [1.165, 1.54) is 12.3 Å². The molecular weight excluding hydrogens is 357 g/mol. The number of carbonyl (C=O) groups is 1. The van der Waals surface area contributed by atoms with Crippen LogP contribution in [0.1, 0.15) is 27.6 Å². The van der Waals surface area contributed by atoms with Gasteiger partial charge >= 0.3 is 0 Å². The van der Waals surface area contributed by atoms with Crippen molar-refractivity contribution in [2.45, 2.75) is 11.7 Å². The fourth-order valence-electron chi connectivity index (χ4n) is 3.20. The van der Waals surface area contributed by atoms with Crippen LogP contribution in [-0.4, -0.2) is 35.1 Å². The molecule has 3 heterocycles. The van der Waals surface area contributed by atoms with E-state index in [1.807, 2.05) is 6.07 Å². The summed E-state index contributed by atoms with van der Waals surface area (Å²) in [6.45, 7) is 0.0890. The van der Waals surface area contributed by atoms with Crippen LogP contribution >= 0.6 is 0 Å². The van der Waals surface area contributed by atoms with Crippen LogP contribution in [0.5, 0.6) is 0 Å². The molecule has 1 atom stereocenters. The van der Waals surface area contributed by atoms with Crippen LogP contribution in [0.4, 0.5) is 4.39 Å². The molecule has 1 saturated heterocycles. The summed E-state index contributed by atoms with van der Waals surface area (Å²) < 4.78 is 40.0.